The average molecular weight is 479 g/mol. The summed E-state index contributed by atoms with van der Waals surface area (Å²) < 4.78 is 61.8. The molecule has 1 aliphatic heterocycles. The van der Waals surface area contributed by atoms with Crippen LogP contribution in [0.25, 0.3) is 16.9 Å². The Bertz CT molecular complexity index is 1170. The minimum atomic E-state index is -4.46. The van der Waals surface area contributed by atoms with Gasteiger partial charge in [-0.05, 0) is 30.2 Å². The first kappa shape index (κ1) is 23.8. The van der Waals surface area contributed by atoms with Crippen LogP contribution in [0.1, 0.15) is 15.9 Å². The molecule has 0 saturated carbocycles. The van der Waals surface area contributed by atoms with Gasteiger partial charge in [0.25, 0.3) is 5.91 Å². The molecule has 2 aromatic heterocycles. The lowest BCUT2D eigenvalue weighted by atomic mass is 9.94. The van der Waals surface area contributed by atoms with Crippen molar-refractivity contribution in [3.8, 4) is 22.8 Å². The van der Waals surface area contributed by atoms with Crippen LogP contribution < -0.4 is 9.47 Å². The molecule has 0 atom stereocenters. The Morgan fingerprint density at radius 3 is 2.59 bits per heavy atom. The van der Waals surface area contributed by atoms with Crippen molar-refractivity contribution in [3.63, 3.8) is 0 Å². The molecule has 3 aromatic rings. The van der Waals surface area contributed by atoms with Gasteiger partial charge in [0.2, 0.25) is 0 Å². The van der Waals surface area contributed by atoms with Crippen molar-refractivity contribution in [2.75, 3.05) is 41.0 Å². The first-order valence-corrected chi connectivity index (χ1v) is 10.5. The number of carbonyl (C=O) groups is 1. The Balaban J connectivity index is 1.64. The summed E-state index contributed by atoms with van der Waals surface area (Å²) >= 11 is 0. The maximum Gasteiger partial charge on any atom is 0.406 e. The topological polar surface area (TPSA) is 74.5 Å². The number of hydrogen-bond acceptors (Lipinski definition) is 6. The molecule has 182 valence electrons. The number of aromatic nitrogens is 2. The lowest BCUT2D eigenvalue weighted by Gasteiger charge is -2.30. The van der Waals surface area contributed by atoms with Gasteiger partial charge < -0.3 is 23.8 Å². The van der Waals surface area contributed by atoms with Crippen molar-refractivity contribution in [3.05, 3.63) is 47.8 Å². The van der Waals surface area contributed by atoms with E-state index < -0.39 is 24.9 Å². The lowest BCUT2D eigenvalue weighted by molar-refractivity contribution is -0.141. The SMILES string of the molecule is COc1cc(-c2cnc3cc(OCC(OC)OC)ccn23)cc2c1C(=O)N(CC(F)(F)F)CC2. The number of benzene rings is 1. The van der Waals surface area contributed by atoms with E-state index in [9.17, 15) is 18.0 Å². The van der Waals surface area contributed by atoms with E-state index in [-0.39, 0.29) is 30.9 Å². The lowest BCUT2D eigenvalue weighted by Crippen LogP contribution is -2.43. The van der Waals surface area contributed by atoms with Crippen LogP contribution in [0.15, 0.2) is 36.7 Å². The van der Waals surface area contributed by atoms with Crippen molar-refractivity contribution in [1.29, 1.82) is 0 Å². The molecule has 1 amide bonds. The molecule has 0 spiro atoms. The van der Waals surface area contributed by atoms with Gasteiger partial charge in [-0.3, -0.25) is 9.20 Å². The Labute approximate surface area is 193 Å². The highest BCUT2D eigenvalue weighted by Gasteiger charge is 2.37. The van der Waals surface area contributed by atoms with Gasteiger partial charge in [-0.25, -0.2) is 4.98 Å². The number of nitrogens with zero attached hydrogens (tertiary/aromatic N) is 3. The fraction of sp³-hybridized carbons (Fsp3) is 0.391. The molecule has 4 rings (SSSR count). The smallest absolute Gasteiger partial charge is 0.406 e. The summed E-state index contributed by atoms with van der Waals surface area (Å²) in [6.45, 7) is -1.10. The van der Waals surface area contributed by atoms with Crippen LogP contribution in [-0.2, 0) is 15.9 Å². The zero-order valence-electron chi connectivity index (χ0n) is 18.9. The molecule has 0 bridgehead atoms. The second-order valence-electron chi connectivity index (χ2n) is 7.75. The van der Waals surface area contributed by atoms with Crippen LogP contribution in [0.4, 0.5) is 13.2 Å². The number of methoxy groups -OCH3 is 3. The van der Waals surface area contributed by atoms with Crippen molar-refractivity contribution < 1.29 is 36.9 Å². The van der Waals surface area contributed by atoms with Crippen LogP contribution in [0.3, 0.4) is 0 Å². The van der Waals surface area contributed by atoms with Gasteiger partial charge in [-0.2, -0.15) is 13.2 Å². The third-order valence-corrected chi connectivity index (χ3v) is 5.62. The standard InChI is InChI=1S/C23H24F3N3O5/c1-31-18-9-15(8-14-4-6-28(13-23(24,25)26)22(30)21(14)18)17-11-27-19-10-16(5-7-29(17)19)34-12-20(32-2)33-3/h5,7-11,20H,4,6,12-13H2,1-3H3. The molecule has 0 radical (unpaired) electrons. The second kappa shape index (κ2) is 9.51. The van der Waals surface area contributed by atoms with Crippen molar-refractivity contribution >= 4 is 11.6 Å². The Hall–Kier alpha value is -3.31. The fourth-order valence-corrected chi connectivity index (χ4v) is 3.97. The second-order valence-corrected chi connectivity index (χ2v) is 7.75. The van der Waals surface area contributed by atoms with E-state index in [1.54, 1.807) is 36.7 Å². The largest absolute Gasteiger partial charge is 0.496 e. The number of pyridine rings is 1. The van der Waals surface area contributed by atoms with Crippen LogP contribution in [-0.4, -0.2) is 73.7 Å². The molecule has 0 unspecified atom stereocenters. The van der Waals surface area contributed by atoms with Crippen LogP contribution in [0.5, 0.6) is 11.5 Å². The predicted molar refractivity (Wildman–Crippen MR) is 116 cm³/mol. The number of halogens is 3. The number of carbonyl (C=O) groups excluding carboxylic acids is 1. The quantitative estimate of drug-likeness (QED) is 0.460. The summed E-state index contributed by atoms with van der Waals surface area (Å²) in [5.41, 5.74) is 2.89. The molecule has 3 heterocycles. The minimum absolute atomic E-state index is 0.0181. The zero-order valence-corrected chi connectivity index (χ0v) is 18.9. The molecule has 1 aliphatic rings. The van der Waals surface area contributed by atoms with Crippen LogP contribution in [0.2, 0.25) is 0 Å². The van der Waals surface area contributed by atoms with Crippen molar-refractivity contribution in [2.45, 2.75) is 18.9 Å². The number of ether oxygens (including phenoxy) is 4. The zero-order chi connectivity index (χ0) is 24.5. The van der Waals surface area contributed by atoms with Gasteiger partial charge in [0.1, 0.15) is 30.3 Å². The maximum absolute atomic E-state index is 12.9. The normalized spacial score (nSPS) is 14.1. The number of amides is 1. The molecule has 0 saturated heterocycles. The van der Waals surface area contributed by atoms with Gasteiger partial charge in [-0.15, -0.1) is 0 Å². The summed E-state index contributed by atoms with van der Waals surface area (Å²) in [5, 5.41) is 0. The highest BCUT2D eigenvalue weighted by molar-refractivity contribution is 6.00. The van der Waals surface area contributed by atoms with E-state index in [0.29, 0.717) is 17.0 Å². The van der Waals surface area contributed by atoms with E-state index in [4.69, 9.17) is 18.9 Å². The fourth-order valence-electron chi connectivity index (χ4n) is 3.97. The van der Waals surface area contributed by atoms with Crippen LogP contribution in [0, 0.1) is 0 Å². The highest BCUT2D eigenvalue weighted by Crippen LogP contribution is 2.35. The van der Waals surface area contributed by atoms with E-state index in [1.807, 2.05) is 4.40 Å². The summed E-state index contributed by atoms with van der Waals surface area (Å²) in [7, 11) is 4.44. The molecule has 34 heavy (non-hydrogen) atoms. The van der Waals surface area contributed by atoms with Gasteiger partial charge >= 0.3 is 6.18 Å². The molecule has 1 aromatic carbocycles. The number of imidazole rings is 1. The monoisotopic (exact) mass is 479 g/mol. The van der Waals surface area contributed by atoms with Gasteiger partial charge in [-0.1, -0.05) is 0 Å². The van der Waals surface area contributed by atoms with E-state index in [0.717, 1.165) is 16.2 Å². The Morgan fingerprint density at radius 2 is 1.91 bits per heavy atom. The summed E-state index contributed by atoms with van der Waals surface area (Å²) in [4.78, 5) is 18.0. The molecular formula is C23H24F3N3O5. The van der Waals surface area contributed by atoms with Crippen molar-refractivity contribution in [1.82, 2.24) is 14.3 Å². The molecule has 8 nitrogen and oxygen atoms in total. The Morgan fingerprint density at radius 1 is 1.15 bits per heavy atom. The highest BCUT2D eigenvalue weighted by atomic mass is 19.4. The first-order chi connectivity index (χ1) is 16.2. The third kappa shape index (κ3) is 4.80. The summed E-state index contributed by atoms with van der Waals surface area (Å²) in [5.74, 6) is 0.124. The molecule has 11 heteroatoms. The van der Waals surface area contributed by atoms with Gasteiger partial charge in [0, 0.05) is 38.6 Å². The molecule has 0 N–H and O–H groups in total. The van der Waals surface area contributed by atoms with Gasteiger partial charge in [0.15, 0.2) is 6.29 Å². The third-order valence-electron chi connectivity index (χ3n) is 5.62. The number of hydrogen-bond donors (Lipinski definition) is 0. The number of alkyl halides is 3. The molecule has 0 aliphatic carbocycles. The van der Waals surface area contributed by atoms with Crippen molar-refractivity contribution in [2.24, 2.45) is 0 Å². The predicted octanol–water partition coefficient (Wildman–Crippen LogP) is 3.57. The van der Waals surface area contributed by atoms with Crippen LogP contribution >= 0.6 is 0 Å². The maximum atomic E-state index is 12.9. The average Bonchev–Trinajstić information content (AvgIpc) is 3.23. The summed E-state index contributed by atoms with van der Waals surface area (Å²) in [6, 6.07) is 6.98. The molecular weight excluding hydrogens is 455 g/mol. The van der Waals surface area contributed by atoms with E-state index in [2.05, 4.69) is 4.98 Å². The number of fused-ring (bicyclic) bond motifs is 2. The first-order valence-electron chi connectivity index (χ1n) is 10.5. The minimum Gasteiger partial charge on any atom is -0.496 e. The van der Waals surface area contributed by atoms with Gasteiger partial charge in [0.05, 0.1) is 24.6 Å². The van der Waals surface area contributed by atoms with E-state index >= 15 is 0 Å². The Kier molecular flexibility index (Phi) is 6.67. The summed E-state index contributed by atoms with van der Waals surface area (Å²) in [6.07, 6.45) is -1.20. The molecule has 0 fully saturated rings. The van der Waals surface area contributed by atoms with E-state index in [1.165, 1.54) is 21.3 Å². The number of rotatable bonds is 8.